The first-order valence-corrected chi connectivity index (χ1v) is 5.48. The van der Waals surface area contributed by atoms with Crippen molar-refractivity contribution in [3.05, 3.63) is 0 Å². The molecule has 3 nitrogen and oxygen atoms in total. The molecule has 0 unspecified atom stereocenters. The average molecular weight is 204 g/mol. The van der Waals surface area contributed by atoms with Gasteiger partial charge in [-0.1, -0.05) is 32.6 Å². The van der Waals surface area contributed by atoms with Crippen LogP contribution in [-0.2, 0) is 9.47 Å². The quantitative estimate of drug-likeness (QED) is 0.463. The number of ether oxygens (including phenoxy) is 2. The molecule has 0 aromatic rings. The maximum Gasteiger partial charge on any atom is 0.159 e. The van der Waals surface area contributed by atoms with E-state index in [0.717, 1.165) is 12.8 Å². The molecule has 0 saturated heterocycles. The van der Waals surface area contributed by atoms with Crippen molar-refractivity contribution in [3.8, 4) is 0 Å². The summed E-state index contributed by atoms with van der Waals surface area (Å²) in [4.78, 5) is 0. The number of hydrogen-bond acceptors (Lipinski definition) is 3. The van der Waals surface area contributed by atoms with E-state index < -0.39 is 0 Å². The molecule has 86 valence electrons. The molecule has 1 N–H and O–H groups in total. The van der Waals surface area contributed by atoms with Crippen LogP contribution in [0.5, 0.6) is 0 Å². The van der Waals surface area contributed by atoms with E-state index in [1.165, 1.54) is 19.3 Å². The second-order valence-corrected chi connectivity index (χ2v) is 3.64. The van der Waals surface area contributed by atoms with Crippen molar-refractivity contribution in [2.75, 3.05) is 14.2 Å². The van der Waals surface area contributed by atoms with Crippen LogP contribution in [0, 0.1) is 0 Å². The van der Waals surface area contributed by atoms with Gasteiger partial charge < -0.3 is 14.6 Å². The second-order valence-electron chi connectivity index (χ2n) is 3.64. The van der Waals surface area contributed by atoms with Crippen LogP contribution in [0.25, 0.3) is 0 Å². The van der Waals surface area contributed by atoms with Crippen LogP contribution in [0.1, 0.15) is 45.4 Å². The van der Waals surface area contributed by atoms with Crippen LogP contribution < -0.4 is 0 Å². The molecule has 0 heterocycles. The van der Waals surface area contributed by atoms with E-state index in [-0.39, 0.29) is 12.4 Å². The Morgan fingerprint density at radius 2 is 1.71 bits per heavy atom. The average Bonchev–Trinajstić information content (AvgIpc) is 2.21. The lowest BCUT2D eigenvalue weighted by Crippen LogP contribution is -2.21. The first-order chi connectivity index (χ1) is 6.74. The highest BCUT2D eigenvalue weighted by Crippen LogP contribution is 2.11. The van der Waals surface area contributed by atoms with Crippen LogP contribution in [-0.4, -0.2) is 31.7 Å². The van der Waals surface area contributed by atoms with E-state index in [0.29, 0.717) is 6.42 Å². The molecule has 0 aromatic carbocycles. The molecule has 0 aliphatic heterocycles. The zero-order valence-corrected chi connectivity index (χ0v) is 9.66. The van der Waals surface area contributed by atoms with Crippen LogP contribution >= 0.6 is 0 Å². The van der Waals surface area contributed by atoms with E-state index in [9.17, 15) is 5.11 Å². The first kappa shape index (κ1) is 13.9. The minimum absolute atomic E-state index is 0.267. The van der Waals surface area contributed by atoms with E-state index in [1.54, 1.807) is 14.2 Å². The van der Waals surface area contributed by atoms with Crippen LogP contribution in [0.15, 0.2) is 0 Å². The lowest BCUT2D eigenvalue weighted by Gasteiger charge is -2.17. The number of rotatable bonds is 9. The zero-order valence-electron chi connectivity index (χ0n) is 9.66. The highest BCUT2D eigenvalue weighted by atomic mass is 16.7. The molecule has 0 aliphatic carbocycles. The van der Waals surface area contributed by atoms with Gasteiger partial charge in [-0.15, -0.1) is 0 Å². The Bertz CT molecular complexity index is 113. The lowest BCUT2D eigenvalue weighted by atomic mass is 10.1. The standard InChI is InChI=1S/C11H24O3/c1-4-5-6-7-8-10(12)9-11(13-2)14-3/h10-12H,4-9H2,1-3H3/t10-/m1/s1. The Morgan fingerprint density at radius 1 is 1.07 bits per heavy atom. The summed E-state index contributed by atoms with van der Waals surface area (Å²) in [5.41, 5.74) is 0. The second kappa shape index (κ2) is 9.44. The van der Waals surface area contributed by atoms with E-state index >= 15 is 0 Å². The molecular formula is C11H24O3. The van der Waals surface area contributed by atoms with Crippen molar-refractivity contribution in [1.29, 1.82) is 0 Å². The summed E-state index contributed by atoms with van der Waals surface area (Å²) in [6.45, 7) is 2.18. The van der Waals surface area contributed by atoms with Gasteiger partial charge in [0.2, 0.25) is 0 Å². The minimum Gasteiger partial charge on any atom is -0.393 e. The minimum atomic E-state index is -0.295. The monoisotopic (exact) mass is 204 g/mol. The number of methoxy groups -OCH3 is 2. The Morgan fingerprint density at radius 3 is 2.21 bits per heavy atom. The highest BCUT2D eigenvalue weighted by molar-refractivity contribution is 4.58. The largest absolute Gasteiger partial charge is 0.393 e. The zero-order chi connectivity index (χ0) is 10.8. The van der Waals surface area contributed by atoms with Gasteiger partial charge in [-0.2, -0.15) is 0 Å². The summed E-state index contributed by atoms with van der Waals surface area (Å²) in [6, 6.07) is 0. The molecule has 14 heavy (non-hydrogen) atoms. The Hall–Kier alpha value is -0.120. The van der Waals surface area contributed by atoms with Crippen LogP contribution in [0.3, 0.4) is 0 Å². The number of aliphatic hydroxyl groups is 1. The summed E-state index contributed by atoms with van der Waals surface area (Å²) in [5, 5.41) is 9.62. The van der Waals surface area contributed by atoms with Gasteiger partial charge in [0.25, 0.3) is 0 Å². The Kier molecular flexibility index (Phi) is 9.35. The molecule has 0 aliphatic rings. The topological polar surface area (TPSA) is 38.7 Å². The first-order valence-electron chi connectivity index (χ1n) is 5.48. The number of hydrogen-bond donors (Lipinski definition) is 1. The SMILES string of the molecule is CCCCCC[C@@H](O)CC(OC)OC. The predicted molar refractivity (Wildman–Crippen MR) is 57.2 cm³/mol. The van der Waals surface area contributed by atoms with E-state index in [1.807, 2.05) is 0 Å². The molecular weight excluding hydrogens is 180 g/mol. The van der Waals surface area contributed by atoms with Gasteiger partial charge in [-0.05, 0) is 6.42 Å². The van der Waals surface area contributed by atoms with E-state index in [2.05, 4.69) is 6.92 Å². The third-order valence-corrected chi connectivity index (χ3v) is 2.38. The van der Waals surface area contributed by atoms with Gasteiger partial charge in [-0.25, -0.2) is 0 Å². The molecule has 0 aromatic heterocycles. The summed E-state index contributed by atoms with van der Waals surface area (Å²) < 4.78 is 10.0. The molecule has 3 heteroatoms. The lowest BCUT2D eigenvalue weighted by molar-refractivity contribution is -0.123. The van der Waals surface area contributed by atoms with Crippen molar-refractivity contribution < 1.29 is 14.6 Å². The smallest absolute Gasteiger partial charge is 0.159 e. The van der Waals surface area contributed by atoms with Gasteiger partial charge in [0.15, 0.2) is 6.29 Å². The molecule has 0 spiro atoms. The van der Waals surface area contributed by atoms with Crippen molar-refractivity contribution in [3.63, 3.8) is 0 Å². The fourth-order valence-electron chi connectivity index (χ4n) is 1.44. The maximum absolute atomic E-state index is 9.62. The molecule has 0 fully saturated rings. The molecule has 0 saturated carbocycles. The molecule has 0 radical (unpaired) electrons. The van der Waals surface area contributed by atoms with Crippen molar-refractivity contribution >= 4 is 0 Å². The highest BCUT2D eigenvalue weighted by Gasteiger charge is 2.12. The predicted octanol–water partition coefficient (Wildman–Crippen LogP) is 2.33. The molecule has 0 bridgehead atoms. The molecule has 0 rings (SSSR count). The molecule has 1 atom stereocenters. The third-order valence-electron chi connectivity index (χ3n) is 2.38. The van der Waals surface area contributed by atoms with Gasteiger partial charge in [0.1, 0.15) is 0 Å². The third kappa shape index (κ3) is 7.30. The van der Waals surface area contributed by atoms with Gasteiger partial charge in [0, 0.05) is 20.6 Å². The van der Waals surface area contributed by atoms with Gasteiger partial charge >= 0.3 is 0 Å². The van der Waals surface area contributed by atoms with Crippen LogP contribution in [0.4, 0.5) is 0 Å². The fraction of sp³-hybridized carbons (Fsp3) is 1.00. The normalized spacial score (nSPS) is 13.5. The summed E-state index contributed by atoms with van der Waals surface area (Å²) in [7, 11) is 3.19. The summed E-state index contributed by atoms with van der Waals surface area (Å²) >= 11 is 0. The van der Waals surface area contributed by atoms with Gasteiger partial charge in [-0.3, -0.25) is 0 Å². The summed E-state index contributed by atoms with van der Waals surface area (Å²) in [6.07, 6.45) is 5.64. The number of aliphatic hydroxyl groups excluding tert-OH is 1. The van der Waals surface area contributed by atoms with E-state index in [4.69, 9.17) is 9.47 Å². The van der Waals surface area contributed by atoms with Crippen molar-refractivity contribution in [2.45, 2.75) is 57.8 Å². The summed E-state index contributed by atoms with van der Waals surface area (Å²) in [5.74, 6) is 0. The van der Waals surface area contributed by atoms with Crippen LogP contribution in [0.2, 0.25) is 0 Å². The Labute approximate surface area is 87.4 Å². The van der Waals surface area contributed by atoms with Crippen molar-refractivity contribution in [1.82, 2.24) is 0 Å². The Balaban J connectivity index is 3.38. The van der Waals surface area contributed by atoms with Crippen molar-refractivity contribution in [2.24, 2.45) is 0 Å². The fourth-order valence-corrected chi connectivity index (χ4v) is 1.44. The van der Waals surface area contributed by atoms with Gasteiger partial charge in [0.05, 0.1) is 6.10 Å². The maximum atomic E-state index is 9.62. The molecule has 0 amide bonds. The number of unbranched alkanes of at least 4 members (excludes halogenated alkanes) is 3.